The standard InChI is InChI=1S/C15H24N2O3S/c16-11-13-4-1-5-14(10-13)12-21(19,20)17-8-2-6-15(17)7-3-9-18/h1,4-5,10,15,18H,2-3,6-9,11-12,16H2. The van der Waals surface area contributed by atoms with Crippen LogP contribution in [0.4, 0.5) is 0 Å². The maximum atomic E-state index is 12.6. The van der Waals surface area contributed by atoms with Crippen LogP contribution in [-0.2, 0) is 22.3 Å². The molecule has 0 radical (unpaired) electrons. The predicted molar refractivity (Wildman–Crippen MR) is 83.0 cm³/mol. The molecular weight excluding hydrogens is 288 g/mol. The second kappa shape index (κ2) is 7.35. The summed E-state index contributed by atoms with van der Waals surface area (Å²) in [6, 6.07) is 7.47. The number of nitrogens with two attached hydrogens (primary N) is 1. The molecule has 118 valence electrons. The van der Waals surface area contributed by atoms with Crippen molar-refractivity contribution in [2.75, 3.05) is 13.2 Å². The van der Waals surface area contributed by atoms with Gasteiger partial charge in [-0.05, 0) is 36.8 Å². The Morgan fingerprint density at radius 1 is 1.33 bits per heavy atom. The molecule has 1 aliphatic heterocycles. The fraction of sp³-hybridized carbons (Fsp3) is 0.600. The Bertz CT molecular complexity index is 560. The summed E-state index contributed by atoms with van der Waals surface area (Å²) in [7, 11) is -3.31. The normalized spacial score (nSPS) is 20.0. The highest BCUT2D eigenvalue weighted by Gasteiger charge is 2.33. The third kappa shape index (κ3) is 4.26. The SMILES string of the molecule is NCc1cccc(CS(=O)(=O)N2CCCC2CCCO)c1. The molecule has 0 amide bonds. The van der Waals surface area contributed by atoms with Gasteiger partial charge in [0.15, 0.2) is 0 Å². The van der Waals surface area contributed by atoms with E-state index in [1.165, 1.54) is 0 Å². The van der Waals surface area contributed by atoms with Crippen LogP contribution >= 0.6 is 0 Å². The van der Waals surface area contributed by atoms with Crippen molar-refractivity contribution in [3.05, 3.63) is 35.4 Å². The van der Waals surface area contributed by atoms with E-state index in [1.807, 2.05) is 24.3 Å². The topological polar surface area (TPSA) is 83.6 Å². The van der Waals surface area contributed by atoms with Gasteiger partial charge in [0.05, 0.1) is 5.75 Å². The van der Waals surface area contributed by atoms with Crippen LogP contribution in [0.1, 0.15) is 36.8 Å². The molecule has 1 aliphatic rings. The maximum Gasteiger partial charge on any atom is 0.218 e. The summed E-state index contributed by atoms with van der Waals surface area (Å²) in [4.78, 5) is 0. The quantitative estimate of drug-likeness (QED) is 0.793. The Hall–Kier alpha value is -0.950. The van der Waals surface area contributed by atoms with Crippen molar-refractivity contribution < 1.29 is 13.5 Å². The molecular formula is C15H24N2O3S. The van der Waals surface area contributed by atoms with Gasteiger partial charge in [0.25, 0.3) is 0 Å². The highest BCUT2D eigenvalue weighted by Crippen LogP contribution is 2.26. The van der Waals surface area contributed by atoms with Crippen molar-refractivity contribution in [2.45, 2.75) is 44.0 Å². The van der Waals surface area contributed by atoms with Crippen LogP contribution in [0, 0.1) is 0 Å². The Morgan fingerprint density at radius 3 is 2.81 bits per heavy atom. The van der Waals surface area contributed by atoms with E-state index < -0.39 is 10.0 Å². The maximum absolute atomic E-state index is 12.6. The van der Waals surface area contributed by atoms with E-state index in [2.05, 4.69) is 0 Å². The highest BCUT2D eigenvalue weighted by atomic mass is 32.2. The molecule has 3 N–H and O–H groups in total. The minimum absolute atomic E-state index is 0.0243. The number of aliphatic hydroxyl groups excluding tert-OH is 1. The van der Waals surface area contributed by atoms with Gasteiger partial charge < -0.3 is 10.8 Å². The van der Waals surface area contributed by atoms with Gasteiger partial charge in [0.1, 0.15) is 0 Å². The van der Waals surface area contributed by atoms with Gasteiger partial charge in [-0.15, -0.1) is 0 Å². The molecule has 6 heteroatoms. The van der Waals surface area contributed by atoms with Crippen LogP contribution in [0.15, 0.2) is 24.3 Å². The van der Waals surface area contributed by atoms with Crippen molar-refractivity contribution in [1.82, 2.24) is 4.31 Å². The molecule has 1 atom stereocenters. The zero-order chi connectivity index (χ0) is 15.3. The highest BCUT2D eigenvalue weighted by molar-refractivity contribution is 7.88. The first-order chi connectivity index (χ1) is 10.1. The molecule has 1 unspecified atom stereocenters. The first kappa shape index (κ1) is 16.4. The Balaban J connectivity index is 2.09. The van der Waals surface area contributed by atoms with E-state index in [0.29, 0.717) is 19.5 Å². The first-order valence-electron chi connectivity index (χ1n) is 7.45. The molecule has 0 spiro atoms. The van der Waals surface area contributed by atoms with E-state index in [0.717, 1.165) is 30.4 Å². The monoisotopic (exact) mass is 312 g/mol. The number of hydrogen-bond donors (Lipinski definition) is 2. The molecule has 0 saturated carbocycles. The molecule has 5 nitrogen and oxygen atoms in total. The fourth-order valence-corrected chi connectivity index (χ4v) is 4.77. The van der Waals surface area contributed by atoms with Gasteiger partial charge in [0, 0.05) is 25.7 Å². The lowest BCUT2D eigenvalue weighted by atomic mass is 10.1. The third-order valence-electron chi connectivity index (χ3n) is 3.95. The van der Waals surface area contributed by atoms with E-state index in [1.54, 1.807) is 4.31 Å². The lowest BCUT2D eigenvalue weighted by Gasteiger charge is -2.24. The van der Waals surface area contributed by atoms with Gasteiger partial charge in [-0.25, -0.2) is 8.42 Å². The van der Waals surface area contributed by atoms with E-state index in [-0.39, 0.29) is 18.4 Å². The number of nitrogens with zero attached hydrogens (tertiary/aromatic N) is 1. The Labute approximate surface area is 126 Å². The first-order valence-corrected chi connectivity index (χ1v) is 9.06. The van der Waals surface area contributed by atoms with Gasteiger partial charge in [-0.2, -0.15) is 4.31 Å². The summed E-state index contributed by atoms with van der Waals surface area (Å²) >= 11 is 0. The van der Waals surface area contributed by atoms with Crippen molar-refractivity contribution in [3.8, 4) is 0 Å². The molecule has 1 fully saturated rings. The average Bonchev–Trinajstić information content (AvgIpc) is 2.94. The van der Waals surface area contributed by atoms with Crippen molar-refractivity contribution in [3.63, 3.8) is 0 Å². The Morgan fingerprint density at radius 2 is 2.10 bits per heavy atom. The fourth-order valence-electron chi connectivity index (χ4n) is 2.93. The number of rotatable bonds is 7. The van der Waals surface area contributed by atoms with Gasteiger partial charge >= 0.3 is 0 Å². The van der Waals surface area contributed by atoms with Crippen molar-refractivity contribution >= 4 is 10.0 Å². The minimum Gasteiger partial charge on any atom is -0.396 e. The van der Waals surface area contributed by atoms with E-state index in [4.69, 9.17) is 10.8 Å². The zero-order valence-electron chi connectivity index (χ0n) is 12.2. The minimum atomic E-state index is -3.31. The summed E-state index contributed by atoms with van der Waals surface area (Å²) < 4.78 is 26.8. The molecule has 1 saturated heterocycles. The predicted octanol–water partition coefficient (Wildman–Crippen LogP) is 1.21. The second-order valence-corrected chi connectivity index (χ2v) is 7.47. The summed E-state index contributed by atoms with van der Waals surface area (Å²) in [6.45, 7) is 1.12. The molecule has 0 aliphatic carbocycles. The Kier molecular flexibility index (Phi) is 5.75. The van der Waals surface area contributed by atoms with Crippen LogP contribution < -0.4 is 5.73 Å². The van der Waals surface area contributed by atoms with E-state index in [9.17, 15) is 8.42 Å². The number of aliphatic hydroxyl groups is 1. The lowest BCUT2D eigenvalue weighted by molar-refractivity contribution is 0.264. The number of benzene rings is 1. The van der Waals surface area contributed by atoms with Gasteiger partial charge in [-0.3, -0.25) is 0 Å². The molecule has 2 rings (SSSR count). The molecule has 1 aromatic rings. The average molecular weight is 312 g/mol. The molecule has 0 bridgehead atoms. The van der Waals surface area contributed by atoms with Gasteiger partial charge in [-0.1, -0.05) is 24.3 Å². The summed E-state index contributed by atoms with van der Waals surface area (Å²) in [5, 5.41) is 8.93. The van der Waals surface area contributed by atoms with Crippen LogP contribution in [0.25, 0.3) is 0 Å². The van der Waals surface area contributed by atoms with Crippen LogP contribution in [0.5, 0.6) is 0 Å². The van der Waals surface area contributed by atoms with Gasteiger partial charge in [0.2, 0.25) is 10.0 Å². The zero-order valence-corrected chi connectivity index (χ0v) is 13.1. The summed E-state index contributed by atoms with van der Waals surface area (Å²) in [5.41, 5.74) is 7.33. The molecule has 0 aromatic heterocycles. The lowest BCUT2D eigenvalue weighted by Crippen LogP contribution is -2.36. The van der Waals surface area contributed by atoms with Crippen LogP contribution in [-0.4, -0.2) is 37.0 Å². The second-order valence-electron chi connectivity index (χ2n) is 5.55. The third-order valence-corrected chi connectivity index (χ3v) is 5.85. The molecule has 1 heterocycles. The largest absolute Gasteiger partial charge is 0.396 e. The molecule has 1 aromatic carbocycles. The summed E-state index contributed by atoms with van der Waals surface area (Å²) in [5.74, 6) is 0.0243. The van der Waals surface area contributed by atoms with Crippen molar-refractivity contribution in [1.29, 1.82) is 0 Å². The number of sulfonamides is 1. The van der Waals surface area contributed by atoms with Crippen molar-refractivity contribution in [2.24, 2.45) is 5.73 Å². The smallest absolute Gasteiger partial charge is 0.218 e. The van der Waals surface area contributed by atoms with Crippen LogP contribution in [0.2, 0.25) is 0 Å². The number of hydrogen-bond acceptors (Lipinski definition) is 4. The van der Waals surface area contributed by atoms with Crippen LogP contribution in [0.3, 0.4) is 0 Å². The van der Waals surface area contributed by atoms with E-state index >= 15 is 0 Å². The molecule has 21 heavy (non-hydrogen) atoms. The summed E-state index contributed by atoms with van der Waals surface area (Å²) in [6.07, 6.45) is 3.18.